The molecule has 0 rings (SSSR count). The molecule has 0 spiro atoms. The predicted molar refractivity (Wildman–Crippen MR) is 372 cm³/mol. The zero-order valence-electron chi connectivity index (χ0n) is 60.0. The number of carbonyl (C=O) groups is 4. The van der Waals surface area contributed by atoms with Crippen molar-refractivity contribution in [1.82, 2.24) is 0 Å². The molecule has 0 aliphatic rings. The van der Waals surface area contributed by atoms with Crippen LogP contribution >= 0.6 is 15.6 Å². The van der Waals surface area contributed by atoms with E-state index in [2.05, 4.69) is 48.5 Å². The van der Waals surface area contributed by atoms with Gasteiger partial charge in [0.1, 0.15) is 19.3 Å². The maximum atomic E-state index is 13.1. The highest BCUT2D eigenvalue weighted by Gasteiger charge is 2.30. The number of hydrogen-bond donors (Lipinski definition) is 3. The third-order valence-electron chi connectivity index (χ3n) is 17.6. The van der Waals surface area contributed by atoms with E-state index in [1.807, 2.05) is 0 Å². The van der Waals surface area contributed by atoms with Gasteiger partial charge in [0.25, 0.3) is 0 Å². The molecule has 7 atom stereocenters. The fraction of sp³-hybridized carbons (Fsp3) is 0.945. The molecule has 0 aromatic rings. The Labute approximate surface area is 562 Å². The SMILES string of the molecule is CCCCCCCCCCCCCCC(=O)OC[C@H](COP(=O)(O)OC[C@H](O)COP(=O)(O)OC[C@@H](COC(=O)CCCCCCCCCCCCC(C)CC)OC(=O)CCCCCCCCCCCCCC(C)C)OC(=O)CCCCCCCCCCC(C)CC. The lowest BCUT2D eigenvalue weighted by atomic mass is 9.99. The van der Waals surface area contributed by atoms with Crippen molar-refractivity contribution in [3.63, 3.8) is 0 Å². The normalized spacial score (nSPS) is 14.7. The average molecular weight is 1350 g/mol. The van der Waals surface area contributed by atoms with Crippen LogP contribution in [0.1, 0.15) is 370 Å². The molecule has 546 valence electrons. The summed E-state index contributed by atoms with van der Waals surface area (Å²) in [4.78, 5) is 72.7. The molecule has 0 amide bonds. The molecule has 0 radical (unpaired) electrons. The lowest BCUT2D eigenvalue weighted by Gasteiger charge is -2.21. The molecule has 92 heavy (non-hydrogen) atoms. The van der Waals surface area contributed by atoms with Crippen molar-refractivity contribution < 1.29 is 80.2 Å². The quantitative estimate of drug-likeness (QED) is 0.0222. The molecule has 0 aliphatic carbocycles. The first kappa shape index (κ1) is 90.1. The number of unbranched alkanes of at least 4 members (excludes halogenated alkanes) is 37. The highest BCUT2D eigenvalue weighted by Crippen LogP contribution is 2.45. The Bertz CT molecular complexity index is 1810. The summed E-state index contributed by atoms with van der Waals surface area (Å²) in [6.07, 6.45) is 48.3. The van der Waals surface area contributed by atoms with Crippen LogP contribution in [0.4, 0.5) is 0 Å². The van der Waals surface area contributed by atoms with Crippen molar-refractivity contribution in [2.45, 2.75) is 388 Å². The molecule has 0 fully saturated rings. The minimum Gasteiger partial charge on any atom is -0.462 e. The van der Waals surface area contributed by atoms with Crippen LogP contribution in [0.2, 0.25) is 0 Å². The van der Waals surface area contributed by atoms with Crippen LogP contribution in [-0.4, -0.2) is 96.7 Å². The van der Waals surface area contributed by atoms with Gasteiger partial charge in [0.2, 0.25) is 0 Å². The van der Waals surface area contributed by atoms with Crippen molar-refractivity contribution in [2.75, 3.05) is 39.6 Å². The first-order valence-corrected chi connectivity index (χ1v) is 40.9. The number of aliphatic hydroxyl groups is 1. The minimum atomic E-state index is -4.96. The second-order valence-electron chi connectivity index (χ2n) is 27.3. The molecule has 0 saturated heterocycles. The van der Waals surface area contributed by atoms with E-state index in [0.717, 1.165) is 108 Å². The second kappa shape index (κ2) is 63.8. The molecule has 0 bridgehead atoms. The number of esters is 4. The number of hydrogen-bond acceptors (Lipinski definition) is 15. The molecule has 0 aliphatic heterocycles. The van der Waals surface area contributed by atoms with E-state index in [4.69, 9.17) is 37.0 Å². The lowest BCUT2D eigenvalue weighted by Crippen LogP contribution is -2.30. The summed E-state index contributed by atoms with van der Waals surface area (Å²) in [5.74, 6) is 0.223. The van der Waals surface area contributed by atoms with E-state index >= 15 is 0 Å². The highest BCUT2D eigenvalue weighted by molar-refractivity contribution is 7.47. The van der Waals surface area contributed by atoms with Gasteiger partial charge in [-0.2, -0.15) is 0 Å². The predicted octanol–water partition coefficient (Wildman–Crippen LogP) is 21.0. The van der Waals surface area contributed by atoms with Crippen molar-refractivity contribution in [3.05, 3.63) is 0 Å². The molecule has 3 N–H and O–H groups in total. The number of phosphoric acid groups is 2. The van der Waals surface area contributed by atoms with Crippen molar-refractivity contribution >= 4 is 39.5 Å². The third kappa shape index (κ3) is 64.1. The first-order chi connectivity index (χ1) is 44.3. The fourth-order valence-corrected chi connectivity index (χ4v) is 12.6. The number of rotatable bonds is 71. The van der Waals surface area contributed by atoms with Gasteiger partial charge < -0.3 is 33.8 Å². The Balaban J connectivity index is 5.28. The molecule has 0 aromatic heterocycles. The van der Waals surface area contributed by atoms with Crippen LogP contribution in [0.25, 0.3) is 0 Å². The molecule has 17 nitrogen and oxygen atoms in total. The van der Waals surface area contributed by atoms with E-state index in [9.17, 15) is 43.2 Å². The average Bonchev–Trinajstić information content (AvgIpc) is 2.33. The van der Waals surface area contributed by atoms with Crippen LogP contribution < -0.4 is 0 Å². The third-order valence-corrected chi connectivity index (χ3v) is 19.5. The summed E-state index contributed by atoms with van der Waals surface area (Å²) in [6.45, 7) is 11.9. The van der Waals surface area contributed by atoms with E-state index in [0.29, 0.717) is 25.7 Å². The molecular formula is C73H142O17P2. The minimum absolute atomic E-state index is 0.105. The molecule has 0 aromatic carbocycles. The topological polar surface area (TPSA) is 237 Å². The Hall–Kier alpha value is -1.94. The van der Waals surface area contributed by atoms with Gasteiger partial charge in [0, 0.05) is 25.7 Å². The van der Waals surface area contributed by atoms with E-state index in [-0.39, 0.29) is 25.7 Å². The maximum Gasteiger partial charge on any atom is 0.472 e. The van der Waals surface area contributed by atoms with Crippen LogP contribution in [0, 0.1) is 17.8 Å². The monoisotopic (exact) mass is 1350 g/mol. The number of aliphatic hydroxyl groups excluding tert-OH is 1. The number of carbonyl (C=O) groups excluding carboxylic acids is 4. The first-order valence-electron chi connectivity index (χ1n) is 37.9. The fourth-order valence-electron chi connectivity index (χ4n) is 11.0. The maximum absolute atomic E-state index is 13.1. The van der Waals surface area contributed by atoms with Gasteiger partial charge in [-0.05, 0) is 43.4 Å². The molecule has 0 heterocycles. The van der Waals surface area contributed by atoms with Gasteiger partial charge in [-0.3, -0.25) is 37.3 Å². The number of phosphoric ester groups is 2. The van der Waals surface area contributed by atoms with Gasteiger partial charge in [0.15, 0.2) is 12.2 Å². The summed E-state index contributed by atoms with van der Waals surface area (Å²) >= 11 is 0. The van der Waals surface area contributed by atoms with E-state index < -0.39 is 97.5 Å². The van der Waals surface area contributed by atoms with E-state index in [1.54, 1.807) is 0 Å². The Morgan fingerprint density at radius 2 is 0.554 bits per heavy atom. The Morgan fingerprint density at radius 1 is 0.315 bits per heavy atom. The molecule has 4 unspecified atom stereocenters. The van der Waals surface area contributed by atoms with Gasteiger partial charge >= 0.3 is 39.5 Å². The Kier molecular flexibility index (Phi) is 62.4. The summed E-state index contributed by atoms with van der Waals surface area (Å²) in [5.41, 5.74) is 0. The molecular weight excluding hydrogens is 1210 g/mol. The Morgan fingerprint density at radius 3 is 0.826 bits per heavy atom. The smallest absolute Gasteiger partial charge is 0.462 e. The second-order valence-corrected chi connectivity index (χ2v) is 30.2. The lowest BCUT2D eigenvalue weighted by molar-refractivity contribution is -0.161. The van der Waals surface area contributed by atoms with Crippen molar-refractivity contribution in [3.8, 4) is 0 Å². The van der Waals surface area contributed by atoms with Crippen molar-refractivity contribution in [1.29, 1.82) is 0 Å². The van der Waals surface area contributed by atoms with Gasteiger partial charge in [-0.15, -0.1) is 0 Å². The zero-order valence-corrected chi connectivity index (χ0v) is 61.8. The largest absolute Gasteiger partial charge is 0.472 e. The van der Waals surface area contributed by atoms with Crippen LogP contribution in [0.15, 0.2) is 0 Å². The summed E-state index contributed by atoms with van der Waals surface area (Å²) < 4.78 is 68.4. The van der Waals surface area contributed by atoms with Crippen LogP contribution in [0.5, 0.6) is 0 Å². The summed E-state index contributed by atoms with van der Waals surface area (Å²) in [6, 6.07) is 0. The van der Waals surface area contributed by atoms with Gasteiger partial charge in [-0.1, -0.05) is 318 Å². The van der Waals surface area contributed by atoms with Crippen LogP contribution in [0.3, 0.4) is 0 Å². The van der Waals surface area contributed by atoms with E-state index in [1.165, 1.54) is 180 Å². The molecule has 19 heteroatoms. The van der Waals surface area contributed by atoms with Gasteiger partial charge in [-0.25, -0.2) is 9.13 Å². The molecule has 0 saturated carbocycles. The zero-order chi connectivity index (χ0) is 68.0. The van der Waals surface area contributed by atoms with Gasteiger partial charge in [0.05, 0.1) is 26.4 Å². The standard InChI is InChI=1S/C73H142O17P2/c1-8-11-12-13-14-15-16-19-25-33-40-47-54-70(75)83-61-69(90-73(78)57-50-43-36-29-28-32-39-46-53-66(7)10-3)63-88-92(81,82)86-59-67(74)58-85-91(79,80)87-62-68(89-72(77)56-49-42-35-27-20-17-18-23-30-37-44-51-64(4)5)60-84-71(76)55-48-41-34-26-22-21-24-31-38-45-52-65(6)9-2/h64-69,74H,8-63H2,1-7H3,(H,79,80)(H,81,82)/t65?,66?,67-,68-,69-/m1/s1. The summed E-state index contributed by atoms with van der Waals surface area (Å²) in [7, 11) is -9.91. The number of ether oxygens (including phenoxy) is 4. The van der Waals surface area contributed by atoms with Crippen LogP contribution in [-0.2, 0) is 65.4 Å². The van der Waals surface area contributed by atoms with Crippen molar-refractivity contribution in [2.24, 2.45) is 17.8 Å². The summed E-state index contributed by atoms with van der Waals surface area (Å²) in [5, 5.41) is 10.6. The highest BCUT2D eigenvalue weighted by atomic mass is 31.2.